The molecule has 21 heavy (non-hydrogen) atoms. The van der Waals surface area contributed by atoms with Crippen molar-refractivity contribution in [2.45, 2.75) is 11.3 Å². The van der Waals surface area contributed by atoms with E-state index in [2.05, 4.69) is 0 Å². The quantitative estimate of drug-likeness (QED) is 0.594. The van der Waals surface area contributed by atoms with Crippen LogP contribution in [0.25, 0.3) is 0 Å². The Kier molecular flexibility index (Phi) is 5.63. The van der Waals surface area contributed by atoms with Gasteiger partial charge in [0.15, 0.2) is 0 Å². The molecule has 0 spiro atoms. The Morgan fingerprint density at radius 2 is 2.00 bits per heavy atom. The third-order valence-corrected chi connectivity index (χ3v) is 4.33. The lowest BCUT2D eigenvalue weighted by Gasteiger charge is -2.20. The largest absolute Gasteiger partial charge is 0.395 e. The summed E-state index contributed by atoms with van der Waals surface area (Å²) in [7, 11) is -4.64. The summed E-state index contributed by atoms with van der Waals surface area (Å²) in [6.45, 7) is -2.61. The fourth-order valence-corrected chi connectivity index (χ4v) is 2.98. The van der Waals surface area contributed by atoms with Crippen molar-refractivity contribution < 1.29 is 31.6 Å². The summed E-state index contributed by atoms with van der Waals surface area (Å²) in [6, 6.07) is 1.75. The first-order chi connectivity index (χ1) is 9.70. The van der Waals surface area contributed by atoms with Crippen LogP contribution in [0.5, 0.6) is 0 Å². The number of sulfonamides is 1. The minimum atomic E-state index is -4.64. The number of non-ortho nitro benzene ring substituents is 1. The number of alkyl halides is 2. The molecule has 1 rings (SSSR count). The number of benzene rings is 1. The average Bonchev–Trinajstić information content (AvgIpc) is 2.37. The standard InChI is InChI=1S/C10H11F3N2O5S/c11-8-5-7(15(17)18)1-2-9(8)21(19,20)14(3-4-16)6-10(12)13/h1-2,5,10,16H,3-4,6H2. The molecule has 11 heteroatoms. The zero-order chi connectivity index (χ0) is 16.2. The molecule has 1 N–H and O–H groups in total. The summed E-state index contributed by atoms with van der Waals surface area (Å²) < 4.78 is 62.7. The Morgan fingerprint density at radius 1 is 1.38 bits per heavy atom. The van der Waals surface area contributed by atoms with E-state index in [4.69, 9.17) is 5.11 Å². The highest BCUT2D eigenvalue weighted by molar-refractivity contribution is 7.89. The first-order valence-electron chi connectivity index (χ1n) is 5.53. The topological polar surface area (TPSA) is 101 Å². The predicted molar refractivity (Wildman–Crippen MR) is 64.9 cm³/mol. The maximum atomic E-state index is 13.7. The van der Waals surface area contributed by atoms with Gasteiger partial charge in [0.1, 0.15) is 10.7 Å². The summed E-state index contributed by atoms with van der Waals surface area (Å²) in [6.07, 6.45) is -3.02. The molecule has 0 amide bonds. The van der Waals surface area contributed by atoms with Crippen LogP contribution < -0.4 is 0 Å². The Labute approximate surface area is 117 Å². The Morgan fingerprint density at radius 3 is 2.43 bits per heavy atom. The summed E-state index contributed by atoms with van der Waals surface area (Å²) in [5.74, 6) is -1.43. The van der Waals surface area contributed by atoms with Gasteiger partial charge in [0.25, 0.3) is 12.1 Å². The van der Waals surface area contributed by atoms with E-state index in [-0.39, 0.29) is 4.31 Å². The van der Waals surface area contributed by atoms with Crippen molar-refractivity contribution in [2.75, 3.05) is 19.7 Å². The van der Waals surface area contributed by atoms with Crippen molar-refractivity contribution >= 4 is 15.7 Å². The van der Waals surface area contributed by atoms with Crippen LogP contribution in [0.15, 0.2) is 23.1 Å². The van der Waals surface area contributed by atoms with Gasteiger partial charge in [0.2, 0.25) is 10.0 Å². The first-order valence-corrected chi connectivity index (χ1v) is 6.97. The molecule has 7 nitrogen and oxygen atoms in total. The van der Waals surface area contributed by atoms with Crippen LogP contribution in [-0.2, 0) is 10.0 Å². The van der Waals surface area contributed by atoms with Crippen molar-refractivity contribution in [3.05, 3.63) is 34.1 Å². The number of rotatable bonds is 7. The van der Waals surface area contributed by atoms with Gasteiger partial charge in [-0.05, 0) is 6.07 Å². The van der Waals surface area contributed by atoms with Gasteiger partial charge in [-0.15, -0.1) is 0 Å². The number of nitrogens with zero attached hydrogens (tertiary/aromatic N) is 2. The zero-order valence-electron chi connectivity index (χ0n) is 10.4. The van der Waals surface area contributed by atoms with Gasteiger partial charge in [0, 0.05) is 12.6 Å². The minimum Gasteiger partial charge on any atom is -0.395 e. The van der Waals surface area contributed by atoms with Crippen molar-refractivity contribution in [3.8, 4) is 0 Å². The van der Waals surface area contributed by atoms with E-state index >= 15 is 0 Å². The molecule has 0 saturated heterocycles. The molecule has 0 aliphatic rings. The highest BCUT2D eigenvalue weighted by Crippen LogP contribution is 2.23. The molecular formula is C10H11F3N2O5S. The second-order valence-corrected chi connectivity index (χ2v) is 5.76. The van der Waals surface area contributed by atoms with Gasteiger partial charge in [-0.2, -0.15) is 4.31 Å². The molecule has 0 saturated carbocycles. The van der Waals surface area contributed by atoms with Gasteiger partial charge < -0.3 is 5.11 Å². The van der Waals surface area contributed by atoms with Crippen LogP contribution >= 0.6 is 0 Å². The van der Waals surface area contributed by atoms with Crippen molar-refractivity contribution in [1.82, 2.24) is 4.31 Å². The molecule has 118 valence electrons. The van der Waals surface area contributed by atoms with Gasteiger partial charge >= 0.3 is 0 Å². The Bertz CT molecular complexity index is 623. The summed E-state index contributed by atoms with van der Waals surface area (Å²) >= 11 is 0. The number of hydrogen-bond acceptors (Lipinski definition) is 5. The molecule has 0 aliphatic carbocycles. The molecular weight excluding hydrogens is 317 g/mol. The SMILES string of the molecule is O=[N+]([O-])c1ccc(S(=O)(=O)N(CCO)CC(F)F)c(F)c1. The fraction of sp³-hybridized carbons (Fsp3) is 0.400. The first kappa shape index (κ1) is 17.3. The third-order valence-electron chi connectivity index (χ3n) is 2.44. The van der Waals surface area contributed by atoms with Crippen LogP contribution in [0.2, 0.25) is 0 Å². The van der Waals surface area contributed by atoms with E-state index in [1.807, 2.05) is 0 Å². The summed E-state index contributed by atoms with van der Waals surface area (Å²) in [5.41, 5.74) is -0.672. The second-order valence-electron chi connectivity index (χ2n) is 3.85. The lowest BCUT2D eigenvalue weighted by molar-refractivity contribution is -0.385. The molecule has 0 radical (unpaired) electrons. The fourth-order valence-electron chi connectivity index (χ4n) is 1.53. The normalized spacial score (nSPS) is 12.1. The number of halogens is 3. The van der Waals surface area contributed by atoms with Gasteiger partial charge in [-0.1, -0.05) is 0 Å². The number of hydrogen-bond donors (Lipinski definition) is 1. The van der Waals surface area contributed by atoms with E-state index < -0.39 is 57.5 Å². The van der Waals surface area contributed by atoms with E-state index in [0.29, 0.717) is 12.1 Å². The molecule has 0 fully saturated rings. The number of aliphatic hydroxyl groups is 1. The molecule has 0 unspecified atom stereocenters. The van der Waals surface area contributed by atoms with Crippen LogP contribution in [0.3, 0.4) is 0 Å². The predicted octanol–water partition coefficient (Wildman–Crippen LogP) is 0.982. The summed E-state index contributed by atoms with van der Waals surface area (Å²) in [4.78, 5) is 8.55. The van der Waals surface area contributed by atoms with Gasteiger partial charge in [-0.25, -0.2) is 21.6 Å². The smallest absolute Gasteiger partial charge is 0.272 e. The van der Waals surface area contributed by atoms with Crippen molar-refractivity contribution in [3.63, 3.8) is 0 Å². The second kappa shape index (κ2) is 6.83. The molecule has 0 atom stereocenters. The molecule has 1 aromatic carbocycles. The molecule has 0 aliphatic heterocycles. The van der Waals surface area contributed by atoms with Gasteiger partial charge in [-0.3, -0.25) is 10.1 Å². The maximum Gasteiger partial charge on any atom is 0.272 e. The zero-order valence-corrected chi connectivity index (χ0v) is 11.3. The third kappa shape index (κ3) is 4.12. The molecule has 1 aromatic rings. The monoisotopic (exact) mass is 328 g/mol. The molecule has 0 heterocycles. The minimum absolute atomic E-state index is 0.210. The average molecular weight is 328 g/mol. The maximum absolute atomic E-state index is 13.7. The Hall–Kier alpha value is -1.72. The van der Waals surface area contributed by atoms with E-state index in [1.54, 1.807) is 0 Å². The lowest BCUT2D eigenvalue weighted by Crippen LogP contribution is -2.37. The van der Waals surface area contributed by atoms with Crippen LogP contribution in [0, 0.1) is 15.9 Å². The molecule has 0 aromatic heterocycles. The van der Waals surface area contributed by atoms with E-state index in [9.17, 15) is 31.7 Å². The lowest BCUT2D eigenvalue weighted by atomic mass is 10.3. The van der Waals surface area contributed by atoms with E-state index in [0.717, 1.165) is 6.07 Å². The highest BCUT2D eigenvalue weighted by atomic mass is 32.2. The van der Waals surface area contributed by atoms with Crippen molar-refractivity contribution in [1.29, 1.82) is 0 Å². The van der Waals surface area contributed by atoms with Crippen molar-refractivity contribution in [2.24, 2.45) is 0 Å². The van der Waals surface area contributed by atoms with Crippen LogP contribution in [0.1, 0.15) is 0 Å². The van der Waals surface area contributed by atoms with E-state index in [1.165, 1.54) is 0 Å². The van der Waals surface area contributed by atoms with Crippen LogP contribution in [-0.4, -0.2) is 48.9 Å². The highest BCUT2D eigenvalue weighted by Gasteiger charge is 2.30. The van der Waals surface area contributed by atoms with Crippen LogP contribution in [0.4, 0.5) is 18.9 Å². The summed E-state index contributed by atoms with van der Waals surface area (Å²) in [5, 5.41) is 19.2. The Balaban J connectivity index is 3.24. The number of nitro benzene ring substituents is 1. The number of aliphatic hydroxyl groups excluding tert-OH is 1. The van der Waals surface area contributed by atoms with Gasteiger partial charge in [0.05, 0.1) is 24.1 Å². The number of nitro groups is 1. The molecule has 0 bridgehead atoms.